The van der Waals surface area contributed by atoms with Gasteiger partial charge in [0.1, 0.15) is 0 Å². The smallest absolute Gasteiger partial charge is 0.172 e. The van der Waals surface area contributed by atoms with Gasteiger partial charge >= 0.3 is 0 Å². The van der Waals surface area contributed by atoms with Crippen LogP contribution in [0, 0.1) is 47.3 Å². The molecule has 12 bridgehead atoms. The summed E-state index contributed by atoms with van der Waals surface area (Å²) in [5, 5.41) is 1.40. The van der Waals surface area contributed by atoms with Gasteiger partial charge in [0.2, 0.25) is 0 Å². The quantitative estimate of drug-likeness (QED) is 0.285. The van der Waals surface area contributed by atoms with E-state index < -0.39 is 11.6 Å². The van der Waals surface area contributed by atoms with E-state index in [1.807, 2.05) is 0 Å². The lowest BCUT2D eigenvalue weighted by Crippen LogP contribution is -2.85. The zero-order valence-corrected chi connectivity index (χ0v) is 29.9. The van der Waals surface area contributed by atoms with Crippen LogP contribution in [0.15, 0.2) is 0 Å². The van der Waals surface area contributed by atoms with Crippen molar-refractivity contribution in [1.29, 1.82) is 0 Å². The van der Waals surface area contributed by atoms with Crippen molar-refractivity contribution in [3.8, 4) is 0 Å². The Labute approximate surface area is 265 Å². The third-order valence-electron chi connectivity index (χ3n) is 16.4. The molecule has 240 valence electrons. The van der Waals surface area contributed by atoms with Crippen LogP contribution in [0.4, 0.5) is 0 Å². The number of rotatable bonds is 5. The molecule has 4 aliphatic heterocycles. The molecule has 5 unspecified atom stereocenters. The summed E-state index contributed by atoms with van der Waals surface area (Å²) in [7, 11) is 3.56. The summed E-state index contributed by atoms with van der Waals surface area (Å²) in [6.07, 6.45) is 28.3. The Morgan fingerprint density at radius 3 is 1.40 bits per heavy atom. The molecule has 9 saturated carbocycles. The maximum Gasteiger partial charge on any atom is 0.172 e. The lowest BCUT2D eigenvalue weighted by molar-refractivity contribution is -0.525. The van der Waals surface area contributed by atoms with Crippen LogP contribution < -0.4 is 0 Å². The van der Waals surface area contributed by atoms with Crippen molar-refractivity contribution in [2.45, 2.75) is 182 Å². The third-order valence-corrected chi connectivity index (χ3v) is 22.3. The number of ether oxygens (including phenoxy) is 3. The summed E-state index contributed by atoms with van der Waals surface area (Å²) in [5.74, 6) is 6.90. The van der Waals surface area contributed by atoms with Gasteiger partial charge in [0, 0.05) is 18.0 Å². The summed E-state index contributed by atoms with van der Waals surface area (Å²) in [6, 6.07) is 0. The van der Waals surface area contributed by atoms with E-state index in [0.29, 0.717) is 5.92 Å². The van der Waals surface area contributed by atoms with Gasteiger partial charge in [0.15, 0.2) is 11.6 Å². The Balaban J connectivity index is 1.05. The zero-order chi connectivity index (χ0) is 29.3. The van der Waals surface area contributed by atoms with Crippen LogP contribution in [-0.2, 0) is 14.2 Å². The van der Waals surface area contributed by atoms with Gasteiger partial charge in [-0.05, 0) is 181 Å². The molecule has 0 N–H and O–H groups in total. The fraction of sp³-hybridized carbons (Fsp3) is 1.00. The molecule has 0 aromatic carbocycles. The van der Waals surface area contributed by atoms with Gasteiger partial charge in [-0.3, -0.25) is 0 Å². The first kappa shape index (κ1) is 28.7. The Bertz CT molecular complexity index is 1040. The second kappa shape index (κ2) is 8.85. The molecule has 43 heavy (non-hydrogen) atoms. The minimum Gasteiger partial charge on any atom is -0.343 e. The molecular formula is C38H60O3P2. The predicted octanol–water partition coefficient (Wildman–Crippen LogP) is 9.65. The molecule has 13 fully saturated rings. The van der Waals surface area contributed by atoms with Gasteiger partial charge in [0.05, 0.1) is 11.2 Å². The van der Waals surface area contributed by atoms with Crippen molar-refractivity contribution in [2.24, 2.45) is 47.3 Å². The van der Waals surface area contributed by atoms with E-state index >= 15 is 0 Å². The Morgan fingerprint density at radius 1 is 0.581 bits per heavy atom. The third kappa shape index (κ3) is 3.85. The highest BCUT2D eigenvalue weighted by molar-refractivity contribution is 7.61. The Morgan fingerprint density at radius 2 is 0.977 bits per heavy atom. The maximum atomic E-state index is 7.13. The van der Waals surface area contributed by atoms with Crippen molar-refractivity contribution in [1.82, 2.24) is 0 Å². The Hall–Kier alpha value is 0.740. The minimum atomic E-state index is -0.524. The molecule has 5 heteroatoms. The average molecular weight is 627 g/mol. The van der Waals surface area contributed by atoms with Crippen molar-refractivity contribution in [2.75, 3.05) is 6.16 Å². The van der Waals surface area contributed by atoms with Crippen LogP contribution >= 0.6 is 17.2 Å². The van der Waals surface area contributed by atoms with Crippen LogP contribution in [0.5, 0.6) is 0 Å². The highest BCUT2D eigenvalue weighted by Crippen LogP contribution is 2.80. The predicted molar refractivity (Wildman–Crippen MR) is 178 cm³/mol. The van der Waals surface area contributed by atoms with Gasteiger partial charge in [-0.1, -0.05) is 20.8 Å². The summed E-state index contributed by atoms with van der Waals surface area (Å²) in [5.41, 5.74) is -0.454. The number of hydrogen-bond donors (Lipinski definition) is 0. The summed E-state index contributed by atoms with van der Waals surface area (Å²) < 4.78 is 20.8. The standard InChI is InChI=1S/C38H60O3P2/c1-32-22-34(3)40-33(2,23-35(4,39-32)41-34)38(32,42)31-8-6-5-7-30(31)21-43(36-15-24-9-25(16-36)11-26(10-24)17-36)37-18-27-12-28(19-37)14-29(13-27)20-37/h24-31H,5-23,42H2,1-4H3/t24?,25?,26?,27?,28?,29?,30-,31-,32?,33?,34?,35?,36?,37?,38?,43?/m1/s1. The van der Waals surface area contributed by atoms with Gasteiger partial charge in [0.25, 0.3) is 0 Å². The monoisotopic (exact) mass is 626 g/mol. The van der Waals surface area contributed by atoms with Crippen molar-refractivity contribution in [3.63, 3.8) is 0 Å². The average Bonchev–Trinajstić information content (AvgIpc) is 2.87. The normalized spacial score (nSPS) is 65.0. The summed E-state index contributed by atoms with van der Waals surface area (Å²) >= 11 is 0. The maximum absolute atomic E-state index is 7.13. The van der Waals surface area contributed by atoms with Gasteiger partial charge in [-0.2, -0.15) is 0 Å². The van der Waals surface area contributed by atoms with E-state index in [-0.39, 0.29) is 24.3 Å². The van der Waals surface area contributed by atoms with Gasteiger partial charge in [-0.25, -0.2) is 0 Å². The van der Waals surface area contributed by atoms with Crippen molar-refractivity contribution >= 4 is 17.2 Å². The van der Waals surface area contributed by atoms with Crippen LogP contribution in [0.25, 0.3) is 0 Å². The highest BCUT2D eigenvalue weighted by Gasteiger charge is 2.78. The second-order valence-corrected chi connectivity index (χ2v) is 23.8. The first-order valence-electron chi connectivity index (χ1n) is 19.0. The lowest BCUT2D eigenvalue weighted by atomic mass is 9.54. The molecule has 0 aromatic heterocycles. The molecule has 13 rings (SSSR count). The first-order chi connectivity index (χ1) is 20.3. The topological polar surface area (TPSA) is 27.7 Å². The van der Waals surface area contributed by atoms with Crippen molar-refractivity contribution < 1.29 is 14.2 Å². The molecule has 0 aromatic rings. The molecule has 0 radical (unpaired) electrons. The summed E-state index contributed by atoms with van der Waals surface area (Å²) in [6.45, 7) is 9.33. The van der Waals surface area contributed by atoms with E-state index in [1.165, 1.54) is 25.7 Å². The SMILES string of the molecule is CC12CC3(C)OC(C)(CC(C)(O1)C3(P)[C@@H]1CCCC[C@@H]1CP(C13CC4CC(CC(C4)C1)C3)C13CC4CC(CC(C4)C1)C3)O2. The fourth-order valence-corrected chi connectivity index (χ4v) is 23.0. The largest absolute Gasteiger partial charge is 0.343 e. The van der Waals surface area contributed by atoms with Gasteiger partial charge in [-0.15, -0.1) is 9.24 Å². The zero-order valence-electron chi connectivity index (χ0n) is 27.8. The molecule has 0 spiro atoms. The molecular weight excluding hydrogens is 566 g/mol. The van der Waals surface area contributed by atoms with E-state index in [4.69, 9.17) is 14.2 Å². The van der Waals surface area contributed by atoms with E-state index in [0.717, 1.165) is 64.6 Å². The van der Waals surface area contributed by atoms with Crippen molar-refractivity contribution in [3.05, 3.63) is 0 Å². The first-order valence-corrected chi connectivity index (χ1v) is 21.1. The molecule has 13 aliphatic rings. The molecule has 4 saturated heterocycles. The van der Waals surface area contributed by atoms with E-state index in [9.17, 15) is 0 Å². The van der Waals surface area contributed by atoms with Crippen LogP contribution in [0.3, 0.4) is 0 Å². The molecule has 7 atom stereocenters. The molecule has 9 aliphatic carbocycles. The van der Waals surface area contributed by atoms with E-state index in [1.54, 1.807) is 83.2 Å². The van der Waals surface area contributed by atoms with Gasteiger partial charge < -0.3 is 14.2 Å². The minimum absolute atomic E-state index is 0.0144. The molecule has 0 amide bonds. The number of hydrogen-bond acceptors (Lipinski definition) is 3. The second-order valence-electron chi connectivity index (χ2n) is 19.8. The highest BCUT2D eigenvalue weighted by atomic mass is 31.1. The van der Waals surface area contributed by atoms with Crippen LogP contribution in [0.2, 0.25) is 0 Å². The molecule has 4 heterocycles. The fourth-order valence-electron chi connectivity index (χ4n) is 16.6. The van der Waals surface area contributed by atoms with Crippen LogP contribution in [-0.4, -0.2) is 44.4 Å². The summed E-state index contributed by atoms with van der Waals surface area (Å²) in [4.78, 5) is 0. The molecule has 3 nitrogen and oxygen atoms in total. The van der Waals surface area contributed by atoms with Crippen LogP contribution in [0.1, 0.15) is 143 Å². The van der Waals surface area contributed by atoms with E-state index in [2.05, 4.69) is 36.9 Å². The Kier molecular flexibility index (Phi) is 5.91. The lowest BCUT2D eigenvalue weighted by Gasteiger charge is -2.76.